The van der Waals surface area contributed by atoms with E-state index < -0.39 is 0 Å². The number of nitrogens with zero attached hydrogens (tertiary/aromatic N) is 1. The molecule has 4 heteroatoms. The SMILES string of the molecule is CCCCCCN(CCC(=O)OCC)C(=O)CC(C)C. The predicted molar refractivity (Wildman–Crippen MR) is 81.4 cm³/mol. The van der Waals surface area contributed by atoms with Crippen LogP contribution >= 0.6 is 0 Å². The molecule has 0 aromatic rings. The van der Waals surface area contributed by atoms with Gasteiger partial charge in [-0.05, 0) is 19.3 Å². The van der Waals surface area contributed by atoms with Gasteiger partial charge in [0.25, 0.3) is 0 Å². The maximum absolute atomic E-state index is 12.2. The van der Waals surface area contributed by atoms with Gasteiger partial charge in [0.15, 0.2) is 0 Å². The third-order valence-corrected chi connectivity index (χ3v) is 3.11. The van der Waals surface area contributed by atoms with Crippen molar-refractivity contribution in [1.82, 2.24) is 4.90 Å². The molecule has 0 atom stereocenters. The molecule has 0 aromatic carbocycles. The standard InChI is InChI=1S/C16H31NO3/c1-5-7-8-9-11-17(15(18)13-14(3)4)12-10-16(19)20-6-2/h14H,5-13H2,1-4H3. The Hall–Kier alpha value is -1.06. The van der Waals surface area contributed by atoms with E-state index in [9.17, 15) is 9.59 Å². The van der Waals surface area contributed by atoms with Crippen LogP contribution in [0.2, 0.25) is 0 Å². The van der Waals surface area contributed by atoms with Gasteiger partial charge < -0.3 is 9.64 Å². The molecule has 1 amide bonds. The Balaban J connectivity index is 4.23. The summed E-state index contributed by atoms with van der Waals surface area (Å²) in [6.45, 7) is 9.68. The van der Waals surface area contributed by atoms with E-state index in [4.69, 9.17) is 4.74 Å². The van der Waals surface area contributed by atoms with Crippen molar-refractivity contribution in [3.8, 4) is 0 Å². The number of ether oxygens (including phenoxy) is 1. The molecular formula is C16H31NO3. The molecule has 0 saturated heterocycles. The Morgan fingerprint density at radius 1 is 1.05 bits per heavy atom. The van der Waals surface area contributed by atoms with Crippen molar-refractivity contribution < 1.29 is 14.3 Å². The van der Waals surface area contributed by atoms with E-state index in [1.54, 1.807) is 6.92 Å². The predicted octanol–water partition coefficient (Wildman–Crippen LogP) is 3.39. The molecule has 0 aliphatic heterocycles. The van der Waals surface area contributed by atoms with Crippen molar-refractivity contribution in [3.05, 3.63) is 0 Å². The van der Waals surface area contributed by atoms with Crippen molar-refractivity contribution in [2.45, 2.75) is 66.2 Å². The summed E-state index contributed by atoms with van der Waals surface area (Å²) < 4.78 is 4.92. The van der Waals surface area contributed by atoms with Crippen molar-refractivity contribution >= 4 is 11.9 Å². The Morgan fingerprint density at radius 2 is 1.75 bits per heavy atom. The van der Waals surface area contributed by atoms with Crippen LogP contribution in [0.25, 0.3) is 0 Å². The lowest BCUT2D eigenvalue weighted by Crippen LogP contribution is -2.34. The summed E-state index contributed by atoms with van der Waals surface area (Å²) in [5, 5.41) is 0. The number of hydrogen-bond acceptors (Lipinski definition) is 3. The summed E-state index contributed by atoms with van der Waals surface area (Å²) in [7, 11) is 0. The highest BCUT2D eigenvalue weighted by Gasteiger charge is 2.16. The smallest absolute Gasteiger partial charge is 0.307 e. The first kappa shape index (κ1) is 18.9. The van der Waals surface area contributed by atoms with Gasteiger partial charge in [-0.2, -0.15) is 0 Å². The first-order valence-electron chi connectivity index (χ1n) is 7.94. The molecule has 0 radical (unpaired) electrons. The minimum Gasteiger partial charge on any atom is -0.466 e. The number of carbonyl (C=O) groups excluding carboxylic acids is 2. The molecule has 0 spiro atoms. The summed E-state index contributed by atoms with van der Waals surface area (Å²) in [5.41, 5.74) is 0. The van der Waals surface area contributed by atoms with E-state index >= 15 is 0 Å². The van der Waals surface area contributed by atoms with Crippen molar-refractivity contribution in [3.63, 3.8) is 0 Å². The largest absolute Gasteiger partial charge is 0.466 e. The van der Waals surface area contributed by atoms with Crippen molar-refractivity contribution in [2.75, 3.05) is 19.7 Å². The molecule has 0 N–H and O–H groups in total. The van der Waals surface area contributed by atoms with Crippen LogP contribution in [0.4, 0.5) is 0 Å². The third-order valence-electron chi connectivity index (χ3n) is 3.11. The van der Waals surface area contributed by atoms with Crippen LogP contribution in [-0.2, 0) is 14.3 Å². The van der Waals surface area contributed by atoms with Gasteiger partial charge in [-0.1, -0.05) is 40.0 Å². The lowest BCUT2D eigenvalue weighted by Gasteiger charge is -2.23. The van der Waals surface area contributed by atoms with E-state index in [-0.39, 0.29) is 11.9 Å². The second kappa shape index (κ2) is 11.7. The molecule has 0 bridgehead atoms. The summed E-state index contributed by atoms with van der Waals surface area (Å²) in [6, 6.07) is 0. The molecule has 4 nitrogen and oxygen atoms in total. The zero-order valence-corrected chi connectivity index (χ0v) is 13.6. The second-order valence-electron chi connectivity index (χ2n) is 5.59. The fourth-order valence-corrected chi connectivity index (χ4v) is 2.03. The van der Waals surface area contributed by atoms with Crippen LogP contribution in [0.1, 0.15) is 66.2 Å². The van der Waals surface area contributed by atoms with Crippen LogP contribution in [0.15, 0.2) is 0 Å². The number of amides is 1. The van der Waals surface area contributed by atoms with E-state index in [2.05, 4.69) is 6.92 Å². The molecule has 0 saturated carbocycles. The number of esters is 1. The van der Waals surface area contributed by atoms with E-state index in [0.717, 1.165) is 19.4 Å². The minimum atomic E-state index is -0.219. The van der Waals surface area contributed by atoms with Crippen LogP contribution in [0.3, 0.4) is 0 Å². The van der Waals surface area contributed by atoms with Gasteiger partial charge in [-0.15, -0.1) is 0 Å². The molecule has 0 rings (SSSR count). The molecular weight excluding hydrogens is 254 g/mol. The maximum Gasteiger partial charge on any atom is 0.307 e. The normalized spacial score (nSPS) is 10.7. The molecule has 0 heterocycles. The fraction of sp³-hybridized carbons (Fsp3) is 0.875. The number of rotatable bonds is 11. The van der Waals surface area contributed by atoms with Gasteiger partial charge in [-0.3, -0.25) is 9.59 Å². The zero-order chi connectivity index (χ0) is 15.4. The summed E-state index contributed by atoms with van der Waals surface area (Å²) in [6.07, 6.45) is 5.39. The third kappa shape index (κ3) is 9.82. The van der Waals surface area contributed by atoms with Crippen LogP contribution in [0.5, 0.6) is 0 Å². The molecule has 0 aromatic heterocycles. The fourth-order valence-electron chi connectivity index (χ4n) is 2.03. The second-order valence-corrected chi connectivity index (χ2v) is 5.59. The number of carbonyl (C=O) groups is 2. The highest BCUT2D eigenvalue weighted by molar-refractivity contribution is 5.77. The quantitative estimate of drug-likeness (QED) is 0.432. The molecule has 118 valence electrons. The van der Waals surface area contributed by atoms with E-state index in [0.29, 0.717) is 31.9 Å². The van der Waals surface area contributed by atoms with Crippen LogP contribution in [-0.4, -0.2) is 36.5 Å². The zero-order valence-electron chi connectivity index (χ0n) is 13.6. The summed E-state index contributed by atoms with van der Waals surface area (Å²) >= 11 is 0. The van der Waals surface area contributed by atoms with Gasteiger partial charge in [0.1, 0.15) is 0 Å². The number of hydrogen-bond donors (Lipinski definition) is 0. The molecule has 0 aliphatic carbocycles. The van der Waals surface area contributed by atoms with Gasteiger partial charge in [0, 0.05) is 19.5 Å². The van der Waals surface area contributed by atoms with E-state index in [1.807, 2.05) is 18.7 Å². The van der Waals surface area contributed by atoms with Crippen molar-refractivity contribution in [1.29, 1.82) is 0 Å². The molecule has 0 aliphatic rings. The molecule has 20 heavy (non-hydrogen) atoms. The van der Waals surface area contributed by atoms with Gasteiger partial charge in [-0.25, -0.2) is 0 Å². The first-order chi connectivity index (χ1) is 9.51. The topological polar surface area (TPSA) is 46.6 Å². The highest BCUT2D eigenvalue weighted by atomic mass is 16.5. The Morgan fingerprint density at radius 3 is 2.30 bits per heavy atom. The Labute approximate surface area is 123 Å². The van der Waals surface area contributed by atoms with Crippen LogP contribution < -0.4 is 0 Å². The lowest BCUT2D eigenvalue weighted by molar-refractivity contribution is -0.144. The molecule has 0 fully saturated rings. The Kier molecular flexibility index (Phi) is 11.1. The first-order valence-corrected chi connectivity index (χ1v) is 7.94. The summed E-state index contributed by atoms with van der Waals surface area (Å²) in [4.78, 5) is 25.4. The monoisotopic (exact) mass is 285 g/mol. The highest BCUT2D eigenvalue weighted by Crippen LogP contribution is 2.08. The average molecular weight is 285 g/mol. The van der Waals surface area contributed by atoms with Gasteiger partial charge in [0.05, 0.1) is 13.0 Å². The van der Waals surface area contributed by atoms with Crippen LogP contribution in [0, 0.1) is 5.92 Å². The Bertz CT molecular complexity index is 277. The summed E-state index contributed by atoms with van der Waals surface area (Å²) in [5.74, 6) is 0.285. The van der Waals surface area contributed by atoms with E-state index in [1.165, 1.54) is 12.8 Å². The minimum absolute atomic E-state index is 0.154. The van der Waals surface area contributed by atoms with Crippen molar-refractivity contribution in [2.24, 2.45) is 5.92 Å². The van der Waals surface area contributed by atoms with Gasteiger partial charge in [0.2, 0.25) is 5.91 Å². The molecule has 0 unspecified atom stereocenters. The number of unbranched alkanes of at least 4 members (excludes halogenated alkanes) is 3. The lowest BCUT2D eigenvalue weighted by atomic mass is 10.1. The van der Waals surface area contributed by atoms with Gasteiger partial charge >= 0.3 is 5.97 Å². The maximum atomic E-state index is 12.2. The average Bonchev–Trinajstić information content (AvgIpc) is 2.37.